The topological polar surface area (TPSA) is 81.4 Å². The van der Waals surface area contributed by atoms with Gasteiger partial charge in [0.2, 0.25) is 6.41 Å². The second-order valence-electron chi connectivity index (χ2n) is 3.92. The Hall–Kier alpha value is -2.34. The fraction of sp³-hybridized carbons (Fsp3) is 0.143. The van der Waals surface area contributed by atoms with Crippen molar-refractivity contribution >= 4 is 34.4 Å². The fourth-order valence-corrected chi connectivity index (χ4v) is 2.69. The van der Waals surface area contributed by atoms with Gasteiger partial charge in [-0.25, -0.2) is 4.79 Å². The Balaban J connectivity index is 2.54. The predicted molar refractivity (Wildman–Crippen MR) is 79.8 cm³/mol. The first kappa shape index (κ1) is 14.1. The van der Waals surface area contributed by atoms with Gasteiger partial charge in [0, 0.05) is 22.2 Å². The number of amides is 1. The molecular weight excluding hydrogens is 276 g/mol. The van der Waals surface area contributed by atoms with Crippen molar-refractivity contribution in [2.24, 2.45) is 0 Å². The summed E-state index contributed by atoms with van der Waals surface area (Å²) in [5.74, 6) is -0.456. The van der Waals surface area contributed by atoms with Crippen LogP contribution in [0.5, 0.6) is 0 Å². The monoisotopic (exact) mass is 290 g/mol. The minimum absolute atomic E-state index is 0.280. The molecule has 1 heterocycles. The van der Waals surface area contributed by atoms with Crippen molar-refractivity contribution in [3.8, 4) is 11.1 Å². The van der Waals surface area contributed by atoms with E-state index < -0.39 is 5.97 Å². The third kappa shape index (κ3) is 2.65. The number of nitrogen functional groups attached to an aromatic ring is 1. The Labute approximate surface area is 120 Å². The number of rotatable bonds is 5. The maximum absolute atomic E-state index is 12.0. The van der Waals surface area contributed by atoms with Crippen molar-refractivity contribution in [2.45, 2.75) is 6.92 Å². The van der Waals surface area contributed by atoms with E-state index in [1.807, 2.05) is 12.1 Å². The first-order valence-electron chi connectivity index (χ1n) is 6.02. The summed E-state index contributed by atoms with van der Waals surface area (Å²) in [6, 6.07) is 7.20. The minimum Gasteiger partial charge on any atom is -0.462 e. The average molecular weight is 290 g/mol. The molecule has 1 amide bonds. The molecule has 3 N–H and O–H groups in total. The quantitative estimate of drug-likeness (QED) is 0.655. The Morgan fingerprint density at radius 1 is 1.40 bits per heavy atom. The zero-order valence-corrected chi connectivity index (χ0v) is 11.7. The summed E-state index contributed by atoms with van der Waals surface area (Å²) in [6.07, 6.45) is 0.596. The molecule has 104 valence electrons. The van der Waals surface area contributed by atoms with Crippen LogP contribution in [0.1, 0.15) is 17.3 Å². The molecule has 0 radical (unpaired) electrons. The number of hydrogen-bond donors (Lipinski definition) is 2. The molecule has 0 spiro atoms. The van der Waals surface area contributed by atoms with E-state index in [0.29, 0.717) is 28.2 Å². The maximum atomic E-state index is 12.0. The van der Waals surface area contributed by atoms with Gasteiger partial charge in [0.1, 0.15) is 10.6 Å². The summed E-state index contributed by atoms with van der Waals surface area (Å²) < 4.78 is 5.03. The van der Waals surface area contributed by atoms with E-state index in [-0.39, 0.29) is 6.61 Å². The van der Waals surface area contributed by atoms with E-state index in [1.54, 1.807) is 24.4 Å². The molecule has 6 heteroatoms. The van der Waals surface area contributed by atoms with Crippen molar-refractivity contribution in [3.63, 3.8) is 0 Å². The number of nitrogens with one attached hydrogen (secondary N) is 1. The second-order valence-corrected chi connectivity index (χ2v) is 4.83. The summed E-state index contributed by atoms with van der Waals surface area (Å²) in [6.45, 7) is 2.02. The van der Waals surface area contributed by atoms with Crippen molar-refractivity contribution in [3.05, 3.63) is 35.2 Å². The number of ether oxygens (including phenoxy) is 1. The van der Waals surface area contributed by atoms with Crippen molar-refractivity contribution < 1.29 is 14.3 Å². The van der Waals surface area contributed by atoms with E-state index in [1.165, 1.54) is 11.3 Å². The largest absolute Gasteiger partial charge is 0.462 e. The number of hydrogen-bond acceptors (Lipinski definition) is 5. The Bertz CT molecular complexity index is 637. The van der Waals surface area contributed by atoms with Crippen molar-refractivity contribution in [1.82, 2.24) is 0 Å². The summed E-state index contributed by atoms with van der Waals surface area (Å²) in [5, 5.41) is 4.80. The van der Waals surface area contributed by atoms with Gasteiger partial charge in [0.25, 0.3) is 0 Å². The fourth-order valence-electron chi connectivity index (χ4n) is 1.89. The molecule has 0 aliphatic rings. The van der Waals surface area contributed by atoms with Crippen LogP contribution in [0.3, 0.4) is 0 Å². The number of carbonyl (C=O) groups excluding carboxylic acids is 2. The van der Waals surface area contributed by atoms with E-state index in [0.717, 1.165) is 5.56 Å². The molecule has 0 aliphatic carbocycles. The van der Waals surface area contributed by atoms with E-state index >= 15 is 0 Å². The minimum atomic E-state index is -0.456. The van der Waals surface area contributed by atoms with Gasteiger partial charge in [0.15, 0.2) is 0 Å². The van der Waals surface area contributed by atoms with Gasteiger partial charge in [-0.05, 0) is 13.0 Å². The highest BCUT2D eigenvalue weighted by Crippen LogP contribution is 2.37. The highest BCUT2D eigenvalue weighted by Gasteiger charge is 2.21. The molecule has 0 saturated heterocycles. The Morgan fingerprint density at radius 3 is 2.85 bits per heavy atom. The molecular formula is C14H14N2O3S. The van der Waals surface area contributed by atoms with Crippen LogP contribution in [0, 0.1) is 0 Å². The molecule has 0 saturated carbocycles. The normalized spacial score (nSPS) is 10.1. The average Bonchev–Trinajstić information content (AvgIpc) is 2.82. The molecule has 0 atom stereocenters. The molecule has 0 unspecified atom stereocenters. The zero-order valence-electron chi connectivity index (χ0n) is 10.9. The number of carbonyl (C=O) groups is 2. The van der Waals surface area contributed by atoms with Crippen molar-refractivity contribution in [2.75, 3.05) is 17.7 Å². The number of esters is 1. The first-order valence-corrected chi connectivity index (χ1v) is 6.90. The third-order valence-electron chi connectivity index (χ3n) is 2.73. The SMILES string of the molecule is CCOC(=O)c1c(-c2ccccc2NC=O)csc1N. The smallest absolute Gasteiger partial charge is 0.341 e. The van der Waals surface area contributed by atoms with Crippen LogP contribution >= 0.6 is 11.3 Å². The second kappa shape index (κ2) is 6.21. The molecule has 20 heavy (non-hydrogen) atoms. The molecule has 1 aromatic carbocycles. The number of thiophene rings is 1. The van der Waals surface area contributed by atoms with Crippen molar-refractivity contribution in [1.29, 1.82) is 0 Å². The standard InChI is InChI=1S/C14H14N2O3S/c1-2-19-14(18)12-10(7-20-13(12)15)9-5-3-4-6-11(9)16-8-17/h3-8H,2,15H2,1H3,(H,16,17). The van der Waals surface area contributed by atoms with Gasteiger partial charge in [-0.15, -0.1) is 11.3 Å². The number of benzene rings is 1. The van der Waals surface area contributed by atoms with Gasteiger partial charge in [0.05, 0.1) is 6.61 Å². The Kier molecular flexibility index (Phi) is 4.37. The molecule has 0 aliphatic heterocycles. The lowest BCUT2D eigenvalue weighted by Gasteiger charge is -2.09. The Morgan fingerprint density at radius 2 is 2.15 bits per heavy atom. The van der Waals surface area contributed by atoms with E-state index in [2.05, 4.69) is 5.32 Å². The van der Waals surface area contributed by atoms with Crippen LogP contribution in [-0.4, -0.2) is 19.0 Å². The maximum Gasteiger partial charge on any atom is 0.341 e. The summed E-state index contributed by atoms with van der Waals surface area (Å²) in [7, 11) is 0. The van der Waals surface area contributed by atoms with Gasteiger partial charge >= 0.3 is 5.97 Å². The molecule has 0 bridgehead atoms. The van der Waals surface area contributed by atoms with Crippen LogP contribution in [-0.2, 0) is 9.53 Å². The number of nitrogens with two attached hydrogens (primary N) is 1. The number of anilines is 2. The van der Waals surface area contributed by atoms with E-state index in [4.69, 9.17) is 10.5 Å². The van der Waals surface area contributed by atoms with Crippen LogP contribution in [0.4, 0.5) is 10.7 Å². The van der Waals surface area contributed by atoms with Gasteiger partial charge in [-0.3, -0.25) is 4.79 Å². The molecule has 5 nitrogen and oxygen atoms in total. The highest BCUT2D eigenvalue weighted by atomic mass is 32.1. The predicted octanol–water partition coefficient (Wildman–Crippen LogP) is 2.74. The van der Waals surface area contributed by atoms with Crippen LogP contribution in [0.15, 0.2) is 29.6 Å². The lowest BCUT2D eigenvalue weighted by Crippen LogP contribution is -2.07. The highest BCUT2D eigenvalue weighted by molar-refractivity contribution is 7.15. The molecule has 0 fully saturated rings. The van der Waals surface area contributed by atoms with Gasteiger partial charge in [-0.2, -0.15) is 0 Å². The van der Waals surface area contributed by atoms with Crippen LogP contribution in [0.25, 0.3) is 11.1 Å². The summed E-state index contributed by atoms with van der Waals surface area (Å²) in [4.78, 5) is 22.7. The zero-order chi connectivity index (χ0) is 14.5. The summed E-state index contributed by atoms with van der Waals surface area (Å²) >= 11 is 1.27. The van der Waals surface area contributed by atoms with Crippen LogP contribution < -0.4 is 11.1 Å². The molecule has 1 aromatic heterocycles. The van der Waals surface area contributed by atoms with E-state index in [9.17, 15) is 9.59 Å². The van der Waals surface area contributed by atoms with Crippen LogP contribution in [0.2, 0.25) is 0 Å². The lowest BCUT2D eigenvalue weighted by molar-refractivity contribution is -0.105. The van der Waals surface area contributed by atoms with Gasteiger partial charge in [-0.1, -0.05) is 18.2 Å². The summed E-state index contributed by atoms with van der Waals surface area (Å²) in [5.41, 5.74) is 8.22. The third-order valence-corrected chi connectivity index (χ3v) is 3.54. The molecule has 2 aromatic rings. The lowest BCUT2D eigenvalue weighted by atomic mass is 10.0. The number of para-hydroxylation sites is 1. The van der Waals surface area contributed by atoms with Gasteiger partial charge < -0.3 is 15.8 Å². The first-order chi connectivity index (χ1) is 9.69. The molecule has 2 rings (SSSR count).